The van der Waals surface area contributed by atoms with Crippen molar-refractivity contribution in [3.63, 3.8) is 0 Å². The van der Waals surface area contributed by atoms with E-state index in [-0.39, 0.29) is 51.8 Å². The van der Waals surface area contributed by atoms with E-state index in [4.69, 9.17) is 28.4 Å². The Balaban J connectivity index is 1.49. The van der Waals surface area contributed by atoms with Gasteiger partial charge >= 0.3 is 15.2 Å². The van der Waals surface area contributed by atoms with Gasteiger partial charge < -0.3 is 33.3 Å². The molecular weight excluding hydrogens is 898 g/mol. The van der Waals surface area contributed by atoms with Crippen LogP contribution in [0.4, 0.5) is 5.82 Å². The number of hydrogen-bond acceptors (Lipinski definition) is 14. The summed E-state index contributed by atoms with van der Waals surface area (Å²) in [7, 11) is -9.88. The lowest BCUT2D eigenvalue weighted by atomic mass is 10.2. The Labute approximate surface area is 378 Å². The molecule has 0 atom stereocenters. The maximum atomic E-state index is 15.6. The van der Waals surface area contributed by atoms with Crippen LogP contribution in [0.25, 0.3) is 0 Å². The number of nitrogen functional groups attached to an aromatic ring is 1. The first kappa shape index (κ1) is 50.2. The van der Waals surface area contributed by atoms with E-state index in [1.54, 1.807) is 30.8 Å². The summed E-state index contributed by atoms with van der Waals surface area (Å²) >= 11 is 0. The highest BCUT2D eigenvalue weighted by atomic mass is 33.1. The SMILES string of the molecule is CCCSS/C(CCOP(=O)(CP(=O)(OCc1ccccc1)OCc1ccccc1)CP(=O)(OCc1ccccc1)OCc1ccccc1)=C(/C)N(C=O)Cc1cnc(C)nc1N. The zero-order valence-electron chi connectivity index (χ0n) is 35.7. The number of nitrogens with two attached hydrogens (primary N) is 1. The molecule has 63 heavy (non-hydrogen) atoms. The maximum absolute atomic E-state index is 15.6. The molecule has 336 valence electrons. The Kier molecular flexibility index (Phi) is 20.4. The highest BCUT2D eigenvalue weighted by Gasteiger charge is 2.44. The molecule has 0 aliphatic carbocycles. The van der Waals surface area contributed by atoms with Crippen molar-refractivity contribution in [2.45, 2.75) is 66.6 Å². The average molecular weight is 953 g/mol. The summed E-state index contributed by atoms with van der Waals surface area (Å²) in [6.07, 6.45) is 3.39. The molecule has 0 fully saturated rings. The quantitative estimate of drug-likeness (QED) is 0.0217. The van der Waals surface area contributed by atoms with Crippen LogP contribution in [0.3, 0.4) is 0 Å². The summed E-state index contributed by atoms with van der Waals surface area (Å²) in [4.78, 5) is 23.3. The molecule has 4 aromatic carbocycles. The van der Waals surface area contributed by atoms with Crippen molar-refractivity contribution in [3.8, 4) is 0 Å². The number of carbonyl (C=O) groups is 1. The molecular formula is C45H55N4O9P3S2. The Hall–Kier alpha value is -3.84. The third-order valence-electron chi connectivity index (χ3n) is 9.28. The average Bonchev–Trinajstić information content (AvgIpc) is 3.29. The number of aryl methyl sites for hydroxylation is 1. The first-order chi connectivity index (χ1) is 30.4. The fraction of sp³-hybridized carbons (Fsp3) is 0.311. The minimum atomic E-state index is -4.34. The zero-order valence-corrected chi connectivity index (χ0v) is 40.0. The smallest absolute Gasteiger partial charge is 0.340 e. The van der Waals surface area contributed by atoms with Gasteiger partial charge in [-0.15, -0.1) is 0 Å². The van der Waals surface area contributed by atoms with Gasteiger partial charge in [0.15, 0.2) is 0 Å². The third kappa shape index (κ3) is 17.2. The predicted molar refractivity (Wildman–Crippen MR) is 254 cm³/mol. The van der Waals surface area contributed by atoms with E-state index in [1.165, 1.54) is 15.7 Å². The van der Waals surface area contributed by atoms with Gasteiger partial charge in [-0.1, -0.05) is 150 Å². The summed E-state index contributed by atoms with van der Waals surface area (Å²) < 4.78 is 76.3. The number of hydrogen-bond donors (Lipinski definition) is 1. The third-order valence-corrected chi connectivity index (χ3v) is 21.1. The minimum absolute atomic E-state index is 0.116. The second-order valence-electron chi connectivity index (χ2n) is 14.4. The number of anilines is 1. The van der Waals surface area contributed by atoms with E-state index in [0.29, 0.717) is 45.7 Å². The van der Waals surface area contributed by atoms with E-state index >= 15 is 4.57 Å². The van der Waals surface area contributed by atoms with Gasteiger partial charge in [-0.3, -0.25) is 18.5 Å². The fourth-order valence-corrected chi connectivity index (χ4v) is 17.8. The van der Waals surface area contributed by atoms with Gasteiger partial charge in [0.2, 0.25) is 13.8 Å². The molecule has 1 heterocycles. The van der Waals surface area contributed by atoms with Gasteiger partial charge in [-0.05, 0) is 42.5 Å². The molecule has 0 saturated carbocycles. The molecule has 0 unspecified atom stereocenters. The van der Waals surface area contributed by atoms with Crippen LogP contribution in [0.2, 0.25) is 0 Å². The van der Waals surface area contributed by atoms with Gasteiger partial charge in [0.05, 0.1) is 39.6 Å². The van der Waals surface area contributed by atoms with Gasteiger partial charge in [0.1, 0.15) is 23.4 Å². The molecule has 1 amide bonds. The first-order valence-electron chi connectivity index (χ1n) is 20.3. The van der Waals surface area contributed by atoms with Crippen molar-refractivity contribution < 1.29 is 41.1 Å². The Morgan fingerprint density at radius 3 is 1.51 bits per heavy atom. The summed E-state index contributed by atoms with van der Waals surface area (Å²) in [6, 6.07) is 36.5. The highest BCUT2D eigenvalue weighted by molar-refractivity contribution is 8.78. The summed E-state index contributed by atoms with van der Waals surface area (Å²) in [5, 5.41) is 0. The van der Waals surface area contributed by atoms with Crippen LogP contribution in [0, 0.1) is 6.92 Å². The standard InChI is InChI=1S/C45H55N4O9P3S2/c1-4-27-62-63-44(37(2)49(34-50)29-43-28-47-38(3)48-45(43)46)25-26-54-59(51,35-60(52,55-30-39-17-9-5-10-18-39)56-31-40-19-11-6-12-20-40)36-61(53,57-32-41-21-13-7-14-22-41)58-33-42-23-15-8-16-24-42/h5-24,28,34H,4,25-27,29-33,35-36H2,1-3H3,(H2,46,47,48)/b44-37-. The van der Waals surface area contributed by atoms with Crippen LogP contribution in [0.1, 0.15) is 60.3 Å². The summed E-state index contributed by atoms with van der Waals surface area (Å²) in [5.41, 5.74) is 10.2. The van der Waals surface area contributed by atoms with E-state index < -0.39 is 34.4 Å². The van der Waals surface area contributed by atoms with Crippen LogP contribution in [0.15, 0.2) is 138 Å². The molecule has 0 spiro atoms. The monoisotopic (exact) mass is 952 g/mol. The maximum Gasteiger partial charge on any atom is 0.340 e. The number of amides is 1. The molecule has 1 aromatic heterocycles. The topological polar surface area (TPSA) is 169 Å². The van der Waals surface area contributed by atoms with Crippen molar-refractivity contribution >= 4 is 56.4 Å². The van der Waals surface area contributed by atoms with Crippen LogP contribution in [-0.4, -0.2) is 45.4 Å². The van der Waals surface area contributed by atoms with Gasteiger partial charge in [0.25, 0.3) is 0 Å². The van der Waals surface area contributed by atoms with E-state index in [0.717, 1.165) is 17.1 Å². The predicted octanol–water partition coefficient (Wildman–Crippen LogP) is 12.2. The van der Waals surface area contributed by atoms with Crippen molar-refractivity contribution in [2.24, 2.45) is 0 Å². The summed E-state index contributed by atoms with van der Waals surface area (Å²) in [6.45, 7) is 5.07. The van der Waals surface area contributed by atoms with Crippen LogP contribution in [0.5, 0.6) is 0 Å². The number of aromatic nitrogens is 2. The van der Waals surface area contributed by atoms with Crippen molar-refractivity contribution in [1.29, 1.82) is 0 Å². The van der Waals surface area contributed by atoms with E-state index in [9.17, 15) is 13.9 Å². The molecule has 0 saturated heterocycles. The molecule has 0 bridgehead atoms. The van der Waals surface area contributed by atoms with Crippen LogP contribution in [-0.2, 0) is 74.1 Å². The molecule has 13 nitrogen and oxygen atoms in total. The Bertz CT molecular complexity index is 2150. The van der Waals surface area contributed by atoms with Crippen molar-refractivity contribution in [3.05, 3.63) is 172 Å². The molecule has 5 aromatic rings. The summed E-state index contributed by atoms with van der Waals surface area (Å²) in [5.74, 6) is 0.146. The van der Waals surface area contributed by atoms with Crippen LogP contribution < -0.4 is 5.73 Å². The lowest BCUT2D eigenvalue weighted by Gasteiger charge is -2.28. The molecule has 0 aliphatic rings. The second kappa shape index (κ2) is 25.6. The Morgan fingerprint density at radius 1 is 0.698 bits per heavy atom. The van der Waals surface area contributed by atoms with E-state index in [1.807, 2.05) is 121 Å². The minimum Gasteiger partial charge on any atom is -0.383 e. The number of benzene rings is 4. The molecule has 18 heteroatoms. The van der Waals surface area contributed by atoms with Gasteiger partial charge in [0, 0.05) is 34.5 Å². The van der Waals surface area contributed by atoms with Gasteiger partial charge in [-0.25, -0.2) is 9.97 Å². The molecule has 2 N–H and O–H groups in total. The lowest BCUT2D eigenvalue weighted by Crippen LogP contribution is -2.22. The Morgan fingerprint density at radius 2 is 1.13 bits per heavy atom. The second-order valence-corrected chi connectivity index (χ2v) is 24.6. The van der Waals surface area contributed by atoms with Crippen molar-refractivity contribution in [2.75, 3.05) is 29.9 Å². The molecule has 0 radical (unpaired) electrons. The number of nitrogens with zero attached hydrogens (tertiary/aromatic N) is 3. The van der Waals surface area contributed by atoms with E-state index in [2.05, 4.69) is 16.9 Å². The van der Waals surface area contributed by atoms with Gasteiger partial charge in [-0.2, -0.15) is 0 Å². The fourth-order valence-electron chi connectivity index (χ4n) is 5.88. The number of carbonyl (C=O) groups excluding carboxylic acids is 1. The molecule has 0 aliphatic heterocycles. The number of rotatable bonds is 28. The van der Waals surface area contributed by atoms with Crippen LogP contribution >= 0.6 is 44.1 Å². The lowest BCUT2D eigenvalue weighted by molar-refractivity contribution is -0.116. The highest BCUT2D eigenvalue weighted by Crippen LogP contribution is 2.71. The van der Waals surface area contributed by atoms with Crippen molar-refractivity contribution in [1.82, 2.24) is 14.9 Å². The molecule has 5 rings (SSSR count). The largest absolute Gasteiger partial charge is 0.383 e. The first-order valence-corrected chi connectivity index (χ1v) is 28.1. The zero-order chi connectivity index (χ0) is 45.0. The normalized spacial score (nSPS) is 12.5. The number of allylic oxidation sites excluding steroid dienone is 1.